The van der Waals surface area contributed by atoms with Gasteiger partial charge in [-0.15, -0.1) is 0 Å². The highest BCUT2D eigenvalue weighted by atomic mass is 16.7. The van der Waals surface area contributed by atoms with Crippen LogP contribution in [0.15, 0.2) is 12.2 Å². The highest BCUT2D eigenvalue weighted by Gasteiger charge is 2.09. The highest BCUT2D eigenvalue weighted by Crippen LogP contribution is 1.99. The summed E-state index contributed by atoms with van der Waals surface area (Å²) in [5.41, 5.74) is 0.785. The average molecular weight is 352 g/mol. The molecule has 0 bridgehead atoms. The zero-order valence-electron chi connectivity index (χ0n) is 15.3. The Hall–Kier alpha value is -0.580. The lowest BCUT2D eigenvalue weighted by atomic mass is 10.3. The number of hydrogen-bond acceptors (Lipinski definition) is 8. The van der Waals surface area contributed by atoms with E-state index in [0.29, 0.717) is 39.6 Å². The molecule has 0 saturated heterocycles. The van der Waals surface area contributed by atoms with E-state index < -0.39 is 0 Å². The maximum Gasteiger partial charge on any atom is 0.147 e. The fourth-order valence-corrected chi connectivity index (χ4v) is 1.73. The van der Waals surface area contributed by atoms with Gasteiger partial charge in [-0.2, -0.15) is 0 Å². The van der Waals surface area contributed by atoms with E-state index in [1.165, 1.54) is 0 Å². The summed E-state index contributed by atoms with van der Waals surface area (Å²) in [7, 11) is 6.44. The molecular formula is C16H32O8. The number of ether oxygens (including phenoxy) is 8. The number of hydrogen-bond donors (Lipinski definition) is 0. The Morgan fingerprint density at radius 2 is 1.00 bits per heavy atom. The van der Waals surface area contributed by atoms with Crippen molar-refractivity contribution >= 4 is 0 Å². The van der Waals surface area contributed by atoms with Crippen molar-refractivity contribution in [3.05, 3.63) is 12.2 Å². The third-order valence-electron chi connectivity index (χ3n) is 2.80. The Morgan fingerprint density at radius 1 is 0.667 bits per heavy atom. The van der Waals surface area contributed by atoms with E-state index >= 15 is 0 Å². The Kier molecular flexibility index (Phi) is 16.8. The second-order valence-electron chi connectivity index (χ2n) is 5.08. The minimum atomic E-state index is -0.156. The first kappa shape index (κ1) is 23.4. The van der Waals surface area contributed by atoms with Gasteiger partial charge >= 0.3 is 0 Å². The zero-order valence-corrected chi connectivity index (χ0v) is 15.3. The van der Waals surface area contributed by atoms with Crippen molar-refractivity contribution < 1.29 is 37.9 Å². The maximum absolute atomic E-state index is 5.48. The third kappa shape index (κ3) is 13.8. The minimum Gasteiger partial charge on any atom is -0.382 e. The molecule has 144 valence electrons. The van der Waals surface area contributed by atoms with Crippen LogP contribution in [-0.4, -0.2) is 93.9 Å². The van der Waals surface area contributed by atoms with Crippen LogP contribution < -0.4 is 0 Å². The molecule has 0 fully saturated rings. The fourth-order valence-electron chi connectivity index (χ4n) is 1.73. The smallest absolute Gasteiger partial charge is 0.147 e. The standard InChI is InChI=1S/C16H32O8/c1-14(6-21-12-23-15(8-17-2)9-18-3)7-22-13-24-16(10-19-4)11-20-5/h15-16H,1,6-13H2,2-5H3. The second-order valence-corrected chi connectivity index (χ2v) is 5.08. The van der Waals surface area contributed by atoms with E-state index in [1.807, 2.05) is 0 Å². The molecular weight excluding hydrogens is 320 g/mol. The third-order valence-corrected chi connectivity index (χ3v) is 2.80. The van der Waals surface area contributed by atoms with Crippen LogP contribution in [0.5, 0.6) is 0 Å². The summed E-state index contributed by atoms with van der Waals surface area (Å²) in [4.78, 5) is 0. The summed E-state index contributed by atoms with van der Waals surface area (Å²) in [6, 6.07) is 0. The van der Waals surface area contributed by atoms with E-state index in [0.717, 1.165) is 5.57 Å². The van der Waals surface area contributed by atoms with E-state index in [4.69, 9.17) is 37.9 Å². The van der Waals surface area contributed by atoms with Crippen LogP contribution in [-0.2, 0) is 37.9 Å². The van der Waals surface area contributed by atoms with Crippen molar-refractivity contribution in [1.82, 2.24) is 0 Å². The molecule has 8 heteroatoms. The van der Waals surface area contributed by atoms with Crippen LogP contribution in [0.2, 0.25) is 0 Å². The molecule has 0 aromatic carbocycles. The molecule has 0 saturated carbocycles. The van der Waals surface area contributed by atoms with Gasteiger partial charge < -0.3 is 37.9 Å². The predicted molar refractivity (Wildman–Crippen MR) is 88.0 cm³/mol. The first-order valence-electron chi connectivity index (χ1n) is 7.68. The van der Waals surface area contributed by atoms with Crippen molar-refractivity contribution in [2.24, 2.45) is 0 Å². The maximum atomic E-state index is 5.48. The Labute approximate surface area is 144 Å². The van der Waals surface area contributed by atoms with Crippen molar-refractivity contribution in [3.8, 4) is 0 Å². The quantitative estimate of drug-likeness (QED) is 0.204. The summed E-state index contributed by atoms with van der Waals surface area (Å²) in [5.74, 6) is 0. The van der Waals surface area contributed by atoms with Gasteiger partial charge in [0.15, 0.2) is 0 Å². The molecule has 0 unspecified atom stereocenters. The van der Waals surface area contributed by atoms with Crippen LogP contribution in [0.1, 0.15) is 0 Å². The molecule has 0 aliphatic rings. The van der Waals surface area contributed by atoms with Crippen LogP contribution in [0.4, 0.5) is 0 Å². The fraction of sp³-hybridized carbons (Fsp3) is 0.875. The van der Waals surface area contributed by atoms with Gasteiger partial charge in [0.25, 0.3) is 0 Å². The lowest BCUT2D eigenvalue weighted by molar-refractivity contribution is -0.127. The Balaban J connectivity index is 3.64. The van der Waals surface area contributed by atoms with Crippen molar-refractivity contribution in [3.63, 3.8) is 0 Å². The largest absolute Gasteiger partial charge is 0.382 e. The summed E-state index contributed by atoms with van der Waals surface area (Å²) in [6.07, 6.45) is -0.312. The normalized spacial score (nSPS) is 11.6. The summed E-state index contributed by atoms with van der Waals surface area (Å²) < 4.78 is 41.8. The van der Waals surface area contributed by atoms with Crippen molar-refractivity contribution in [2.45, 2.75) is 12.2 Å². The number of rotatable bonds is 18. The van der Waals surface area contributed by atoms with E-state index in [1.54, 1.807) is 28.4 Å². The molecule has 0 aromatic heterocycles. The monoisotopic (exact) mass is 352 g/mol. The molecule has 0 radical (unpaired) electrons. The molecule has 0 rings (SSSR count). The lowest BCUT2D eigenvalue weighted by Gasteiger charge is -2.17. The Bertz CT molecular complexity index is 249. The Morgan fingerprint density at radius 3 is 1.29 bits per heavy atom. The van der Waals surface area contributed by atoms with Crippen LogP contribution in [0.3, 0.4) is 0 Å². The molecule has 0 atom stereocenters. The minimum absolute atomic E-state index is 0.136. The SMILES string of the molecule is C=C(COCOC(COC)COC)COCOC(COC)COC. The number of methoxy groups -OCH3 is 4. The van der Waals surface area contributed by atoms with Crippen LogP contribution >= 0.6 is 0 Å². The van der Waals surface area contributed by atoms with E-state index in [9.17, 15) is 0 Å². The molecule has 0 aromatic rings. The average Bonchev–Trinajstić information content (AvgIpc) is 2.56. The van der Waals surface area contributed by atoms with Crippen molar-refractivity contribution in [2.75, 3.05) is 81.7 Å². The van der Waals surface area contributed by atoms with E-state index in [2.05, 4.69) is 6.58 Å². The predicted octanol–water partition coefficient (Wildman–Crippen LogP) is 0.847. The molecule has 24 heavy (non-hydrogen) atoms. The van der Waals surface area contributed by atoms with Gasteiger partial charge in [0.05, 0.1) is 39.6 Å². The van der Waals surface area contributed by atoms with Crippen LogP contribution in [0.25, 0.3) is 0 Å². The van der Waals surface area contributed by atoms with Gasteiger partial charge in [0.1, 0.15) is 25.8 Å². The summed E-state index contributed by atoms with van der Waals surface area (Å²) in [6.45, 7) is 6.61. The molecule has 8 nitrogen and oxygen atoms in total. The van der Waals surface area contributed by atoms with Gasteiger partial charge in [0, 0.05) is 28.4 Å². The molecule has 0 amide bonds. The zero-order chi connectivity index (χ0) is 18.0. The van der Waals surface area contributed by atoms with Gasteiger partial charge in [-0.1, -0.05) is 6.58 Å². The molecule has 0 aliphatic carbocycles. The molecule has 0 spiro atoms. The van der Waals surface area contributed by atoms with E-state index in [-0.39, 0.29) is 25.8 Å². The van der Waals surface area contributed by atoms with Crippen molar-refractivity contribution in [1.29, 1.82) is 0 Å². The van der Waals surface area contributed by atoms with Gasteiger partial charge in [0.2, 0.25) is 0 Å². The topological polar surface area (TPSA) is 73.8 Å². The van der Waals surface area contributed by atoms with Gasteiger partial charge in [-0.05, 0) is 5.57 Å². The highest BCUT2D eigenvalue weighted by molar-refractivity contribution is 4.93. The lowest BCUT2D eigenvalue weighted by Crippen LogP contribution is -2.26. The van der Waals surface area contributed by atoms with Gasteiger partial charge in [-0.3, -0.25) is 0 Å². The van der Waals surface area contributed by atoms with Crippen LogP contribution in [0, 0.1) is 0 Å². The van der Waals surface area contributed by atoms with Gasteiger partial charge in [-0.25, -0.2) is 0 Å². The summed E-state index contributed by atoms with van der Waals surface area (Å²) >= 11 is 0. The second kappa shape index (κ2) is 17.2. The molecule has 0 heterocycles. The first-order chi connectivity index (χ1) is 11.7. The summed E-state index contributed by atoms with van der Waals surface area (Å²) in [5, 5.41) is 0. The molecule has 0 N–H and O–H groups in total. The molecule has 0 aliphatic heterocycles. The first-order valence-corrected chi connectivity index (χ1v) is 7.68.